The first kappa shape index (κ1) is 14.6. The van der Waals surface area contributed by atoms with Gasteiger partial charge in [0.2, 0.25) is 0 Å². The van der Waals surface area contributed by atoms with Crippen molar-refractivity contribution in [1.82, 2.24) is 4.57 Å². The fourth-order valence-electron chi connectivity index (χ4n) is 1.52. The van der Waals surface area contributed by atoms with Crippen molar-refractivity contribution in [2.45, 2.75) is 0 Å². The number of anilines is 1. The van der Waals surface area contributed by atoms with Gasteiger partial charge in [-0.25, -0.2) is 4.39 Å². The van der Waals surface area contributed by atoms with Crippen LogP contribution in [0.5, 0.6) is 0 Å². The molecule has 7 heteroatoms. The van der Waals surface area contributed by atoms with Gasteiger partial charge in [0.1, 0.15) is 0 Å². The van der Waals surface area contributed by atoms with Crippen molar-refractivity contribution >= 4 is 34.8 Å². The summed E-state index contributed by atoms with van der Waals surface area (Å²) < 4.78 is 14.6. The van der Waals surface area contributed by atoms with E-state index in [9.17, 15) is 14.0 Å². The lowest BCUT2D eigenvalue weighted by Gasteiger charge is -2.07. The third-order valence-corrected chi connectivity index (χ3v) is 3.16. The van der Waals surface area contributed by atoms with Crippen LogP contribution in [-0.2, 0) is 7.05 Å². The van der Waals surface area contributed by atoms with Crippen LogP contribution in [0.1, 0.15) is 10.4 Å². The number of benzene rings is 1. The predicted molar refractivity (Wildman–Crippen MR) is 76.1 cm³/mol. The molecule has 1 heterocycles. The zero-order chi connectivity index (χ0) is 14.9. The zero-order valence-corrected chi connectivity index (χ0v) is 11.8. The first-order chi connectivity index (χ1) is 9.38. The molecule has 1 aromatic carbocycles. The van der Waals surface area contributed by atoms with Gasteiger partial charge in [0, 0.05) is 30.6 Å². The van der Waals surface area contributed by atoms with E-state index in [1.165, 1.54) is 35.0 Å². The maximum absolute atomic E-state index is 13.2. The number of aryl methyl sites for hydroxylation is 1. The molecule has 1 amide bonds. The molecule has 1 aromatic heterocycles. The smallest absolute Gasteiger partial charge is 0.255 e. The number of halogens is 3. The number of hydrogen-bond donors (Lipinski definition) is 1. The second kappa shape index (κ2) is 5.64. The predicted octanol–water partition coefficient (Wildman–Crippen LogP) is 3.08. The molecule has 0 unspecified atom stereocenters. The molecule has 104 valence electrons. The summed E-state index contributed by atoms with van der Waals surface area (Å²) in [6.45, 7) is 0. The van der Waals surface area contributed by atoms with E-state index < -0.39 is 11.7 Å². The number of pyridine rings is 1. The molecule has 0 atom stereocenters. The largest absolute Gasteiger partial charge is 0.322 e. The van der Waals surface area contributed by atoms with E-state index in [2.05, 4.69) is 5.32 Å². The Balaban J connectivity index is 2.28. The number of nitrogens with one attached hydrogen (secondary N) is 1. The first-order valence-corrected chi connectivity index (χ1v) is 6.26. The lowest BCUT2D eigenvalue weighted by atomic mass is 10.2. The Kier molecular flexibility index (Phi) is 4.11. The molecule has 20 heavy (non-hydrogen) atoms. The quantitative estimate of drug-likeness (QED) is 0.866. The van der Waals surface area contributed by atoms with Gasteiger partial charge in [0.05, 0.1) is 10.0 Å². The SMILES string of the molecule is Cn1ccc(C(=O)Nc2cc(Cl)c(F)c(Cl)c2)cc1=O. The van der Waals surface area contributed by atoms with Gasteiger partial charge < -0.3 is 9.88 Å². The van der Waals surface area contributed by atoms with Gasteiger partial charge in [-0.15, -0.1) is 0 Å². The van der Waals surface area contributed by atoms with E-state index in [1.807, 2.05) is 0 Å². The molecule has 4 nitrogen and oxygen atoms in total. The highest BCUT2D eigenvalue weighted by Gasteiger charge is 2.11. The Bertz CT molecular complexity index is 720. The van der Waals surface area contributed by atoms with E-state index in [0.717, 1.165) is 0 Å². The average Bonchev–Trinajstić information content (AvgIpc) is 2.39. The van der Waals surface area contributed by atoms with Gasteiger partial charge >= 0.3 is 0 Å². The Morgan fingerprint density at radius 3 is 2.40 bits per heavy atom. The maximum Gasteiger partial charge on any atom is 0.255 e. The molecule has 0 aliphatic heterocycles. The van der Waals surface area contributed by atoms with Crippen molar-refractivity contribution in [3.8, 4) is 0 Å². The summed E-state index contributed by atoms with van der Waals surface area (Å²) in [7, 11) is 1.57. The van der Waals surface area contributed by atoms with Gasteiger partial charge in [0.15, 0.2) is 5.82 Å². The van der Waals surface area contributed by atoms with Crippen LogP contribution in [-0.4, -0.2) is 10.5 Å². The highest BCUT2D eigenvalue weighted by atomic mass is 35.5. The molecule has 0 aliphatic carbocycles. The topological polar surface area (TPSA) is 51.1 Å². The lowest BCUT2D eigenvalue weighted by Crippen LogP contribution is -2.20. The van der Waals surface area contributed by atoms with Crippen molar-refractivity contribution in [3.63, 3.8) is 0 Å². The fraction of sp³-hybridized carbons (Fsp3) is 0.0769. The van der Waals surface area contributed by atoms with Crippen LogP contribution < -0.4 is 10.9 Å². The number of nitrogens with zero attached hydrogens (tertiary/aromatic N) is 1. The molecular formula is C13H9Cl2FN2O2. The number of rotatable bonds is 2. The van der Waals surface area contributed by atoms with Crippen LogP contribution in [0.3, 0.4) is 0 Å². The Morgan fingerprint density at radius 1 is 1.25 bits per heavy atom. The second-order valence-corrected chi connectivity index (χ2v) is 4.89. The van der Waals surface area contributed by atoms with Gasteiger partial charge in [0.25, 0.3) is 11.5 Å². The number of hydrogen-bond acceptors (Lipinski definition) is 2. The van der Waals surface area contributed by atoms with Crippen LogP contribution in [0, 0.1) is 5.82 Å². The van der Waals surface area contributed by atoms with E-state index in [1.54, 1.807) is 7.05 Å². The highest BCUT2D eigenvalue weighted by Crippen LogP contribution is 2.27. The standard InChI is InChI=1S/C13H9Cl2FN2O2/c1-18-3-2-7(4-11(18)19)13(20)17-8-5-9(14)12(16)10(15)6-8/h2-6H,1H3,(H,17,20). The van der Waals surface area contributed by atoms with Crippen molar-refractivity contribution < 1.29 is 9.18 Å². The third-order valence-electron chi connectivity index (χ3n) is 2.61. The summed E-state index contributed by atoms with van der Waals surface area (Å²) in [5.74, 6) is -1.26. The summed E-state index contributed by atoms with van der Waals surface area (Å²) in [5.41, 5.74) is 0.115. The minimum atomic E-state index is -0.750. The average molecular weight is 315 g/mol. The van der Waals surface area contributed by atoms with Crippen molar-refractivity contribution in [2.24, 2.45) is 7.05 Å². The van der Waals surface area contributed by atoms with Crippen LogP contribution in [0.2, 0.25) is 10.0 Å². The molecule has 0 bridgehead atoms. The Morgan fingerprint density at radius 2 is 1.85 bits per heavy atom. The monoisotopic (exact) mass is 314 g/mol. The van der Waals surface area contributed by atoms with Crippen LogP contribution in [0.15, 0.2) is 35.3 Å². The lowest BCUT2D eigenvalue weighted by molar-refractivity contribution is 0.102. The van der Waals surface area contributed by atoms with Gasteiger partial charge in [-0.2, -0.15) is 0 Å². The molecule has 0 saturated carbocycles. The number of carbonyl (C=O) groups excluding carboxylic acids is 1. The number of carbonyl (C=O) groups is 1. The number of aromatic nitrogens is 1. The van der Waals surface area contributed by atoms with Crippen LogP contribution >= 0.6 is 23.2 Å². The molecule has 0 saturated heterocycles. The second-order valence-electron chi connectivity index (χ2n) is 4.07. The molecule has 0 aliphatic rings. The zero-order valence-electron chi connectivity index (χ0n) is 10.3. The molecule has 0 spiro atoms. The molecule has 0 radical (unpaired) electrons. The normalized spacial score (nSPS) is 10.4. The van der Waals surface area contributed by atoms with Crippen LogP contribution in [0.25, 0.3) is 0 Å². The minimum absolute atomic E-state index is 0.185. The Hall–Kier alpha value is -1.85. The van der Waals surface area contributed by atoms with Gasteiger partial charge in [-0.3, -0.25) is 9.59 Å². The van der Waals surface area contributed by atoms with Crippen LogP contribution in [0.4, 0.5) is 10.1 Å². The van der Waals surface area contributed by atoms with Gasteiger partial charge in [-0.1, -0.05) is 23.2 Å². The molecule has 1 N–H and O–H groups in total. The third kappa shape index (κ3) is 3.00. The van der Waals surface area contributed by atoms with E-state index >= 15 is 0 Å². The molecule has 2 aromatic rings. The molecule has 2 rings (SSSR count). The van der Waals surface area contributed by atoms with E-state index in [0.29, 0.717) is 0 Å². The minimum Gasteiger partial charge on any atom is -0.322 e. The summed E-state index contributed by atoms with van der Waals surface area (Å²) in [6.07, 6.45) is 1.47. The Labute approximate surface area is 123 Å². The van der Waals surface area contributed by atoms with Crippen molar-refractivity contribution in [2.75, 3.05) is 5.32 Å². The van der Waals surface area contributed by atoms with E-state index in [4.69, 9.17) is 23.2 Å². The fourth-order valence-corrected chi connectivity index (χ4v) is 2.01. The van der Waals surface area contributed by atoms with E-state index in [-0.39, 0.29) is 26.9 Å². The summed E-state index contributed by atoms with van der Waals surface area (Å²) in [5, 5.41) is 2.10. The summed E-state index contributed by atoms with van der Waals surface area (Å²) >= 11 is 11.3. The number of amides is 1. The van der Waals surface area contributed by atoms with Crippen molar-refractivity contribution in [1.29, 1.82) is 0 Å². The van der Waals surface area contributed by atoms with Crippen molar-refractivity contribution in [3.05, 3.63) is 62.2 Å². The summed E-state index contributed by atoms with van der Waals surface area (Å²) in [6, 6.07) is 5.16. The molecular weight excluding hydrogens is 306 g/mol. The molecule has 0 fully saturated rings. The first-order valence-electron chi connectivity index (χ1n) is 5.51. The summed E-state index contributed by atoms with van der Waals surface area (Å²) in [4.78, 5) is 23.4. The highest BCUT2D eigenvalue weighted by molar-refractivity contribution is 6.35. The maximum atomic E-state index is 13.2. The van der Waals surface area contributed by atoms with Gasteiger partial charge in [-0.05, 0) is 18.2 Å².